The highest BCUT2D eigenvalue weighted by Crippen LogP contribution is 2.51. The Hall–Kier alpha value is -1.41. The molecule has 2 aliphatic rings. The summed E-state index contributed by atoms with van der Waals surface area (Å²) in [5.41, 5.74) is -1.97. The Kier molecular flexibility index (Phi) is 4.58. The second-order valence-electron chi connectivity index (χ2n) is 6.40. The number of aliphatic hydroxyl groups excluding tert-OH is 2. The molecular formula is C19H20O5S. The molecule has 2 aromatic rings. The Bertz CT molecular complexity index is 712. The number of ether oxygens (including phenoxy) is 2. The van der Waals surface area contributed by atoms with E-state index in [1.54, 1.807) is 0 Å². The van der Waals surface area contributed by atoms with E-state index in [1.807, 2.05) is 60.7 Å². The molecule has 2 aromatic carbocycles. The van der Waals surface area contributed by atoms with Crippen LogP contribution in [0.1, 0.15) is 11.9 Å². The predicted octanol–water partition coefficient (Wildman–Crippen LogP) is 1.93. The van der Waals surface area contributed by atoms with E-state index in [0.717, 1.165) is 22.2 Å². The number of aliphatic hydroxyl groups is 3. The van der Waals surface area contributed by atoms with Gasteiger partial charge in [0.2, 0.25) is 0 Å². The van der Waals surface area contributed by atoms with Crippen LogP contribution >= 0.6 is 11.8 Å². The molecular weight excluding hydrogens is 340 g/mol. The quantitative estimate of drug-likeness (QED) is 0.571. The van der Waals surface area contributed by atoms with Crippen LogP contribution in [0.15, 0.2) is 65.6 Å². The van der Waals surface area contributed by atoms with Crippen LogP contribution in [0.2, 0.25) is 0 Å². The third-order valence-corrected chi connectivity index (χ3v) is 6.09. The molecule has 5 nitrogen and oxygen atoms in total. The van der Waals surface area contributed by atoms with Gasteiger partial charge in [-0.1, -0.05) is 60.3 Å². The molecule has 4 rings (SSSR count). The van der Waals surface area contributed by atoms with Crippen molar-refractivity contribution in [1.29, 1.82) is 0 Å². The van der Waals surface area contributed by atoms with E-state index in [0.29, 0.717) is 0 Å². The van der Waals surface area contributed by atoms with Crippen molar-refractivity contribution in [3.63, 3.8) is 0 Å². The van der Waals surface area contributed by atoms with Gasteiger partial charge in [0.25, 0.3) is 0 Å². The van der Waals surface area contributed by atoms with Crippen LogP contribution in [0.25, 0.3) is 0 Å². The van der Waals surface area contributed by atoms with Gasteiger partial charge >= 0.3 is 0 Å². The van der Waals surface area contributed by atoms with E-state index in [-0.39, 0.29) is 6.61 Å². The molecule has 1 heterocycles. The molecule has 1 saturated heterocycles. The van der Waals surface area contributed by atoms with E-state index in [2.05, 4.69) is 0 Å². The highest BCUT2D eigenvalue weighted by atomic mass is 32.2. The minimum atomic E-state index is -1.66. The van der Waals surface area contributed by atoms with E-state index in [4.69, 9.17) is 9.47 Å². The van der Waals surface area contributed by atoms with Crippen molar-refractivity contribution in [2.24, 2.45) is 5.92 Å². The standard InChI is InChI=1S/C19H20O5S/c20-16-15-14(11-23-17(24-15)12-7-3-1-4-8-12)19(16,22)18(21)25-13-9-5-2-6-10-13/h1-10,14-18,20-22H,11H2. The first kappa shape index (κ1) is 17.0. The Morgan fingerprint density at radius 3 is 2.36 bits per heavy atom. The monoisotopic (exact) mass is 360 g/mol. The minimum absolute atomic E-state index is 0.212. The maximum absolute atomic E-state index is 10.9. The molecule has 6 atom stereocenters. The van der Waals surface area contributed by atoms with Crippen LogP contribution in [-0.4, -0.2) is 45.2 Å². The van der Waals surface area contributed by atoms with E-state index in [9.17, 15) is 15.3 Å². The molecule has 0 bridgehead atoms. The zero-order chi connectivity index (χ0) is 17.4. The van der Waals surface area contributed by atoms with Crippen LogP contribution in [0.3, 0.4) is 0 Å². The van der Waals surface area contributed by atoms with Gasteiger partial charge in [-0.15, -0.1) is 0 Å². The van der Waals surface area contributed by atoms with Crippen molar-refractivity contribution < 1.29 is 24.8 Å². The maximum atomic E-state index is 10.9. The lowest BCUT2D eigenvalue weighted by molar-refractivity contribution is -0.372. The number of hydrogen-bond acceptors (Lipinski definition) is 6. The van der Waals surface area contributed by atoms with Gasteiger partial charge in [0.1, 0.15) is 17.1 Å². The Balaban J connectivity index is 1.46. The minimum Gasteiger partial charge on any atom is -0.387 e. The molecule has 1 saturated carbocycles. The molecule has 2 fully saturated rings. The second-order valence-corrected chi connectivity index (χ2v) is 7.55. The molecule has 3 N–H and O–H groups in total. The summed E-state index contributed by atoms with van der Waals surface area (Å²) in [6.45, 7) is 0.212. The lowest BCUT2D eigenvalue weighted by Crippen LogP contribution is -2.77. The highest BCUT2D eigenvalue weighted by Gasteiger charge is 2.67. The summed E-state index contributed by atoms with van der Waals surface area (Å²) < 4.78 is 11.6. The van der Waals surface area contributed by atoms with Gasteiger partial charge in [0, 0.05) is 16.4 Å². The van der Waals surface area contributed by atoms with Gasteiger partial charge in [-0.05, 0) is 12.1 Å². The number of benzene rings is 2. The number of thioether (sulfide) groups is 1. The van der Waals surface area contributed by atoms with Crippen LogP contribution in [0.4, 0.5) is 0 Å². The van der Waals surface area contributed by atoms with Crippen molar-refractivity contribution >= 4 is 11.8 Å². The molecule has 25 heavy (non-hydrogen) atoms. The molecule has 132 valence electrons. The average Bonchev–Trinajstić information content (AvgIpc) is 2.68. The van der Waals surface area contributed by atoms with Crippen LogP contribution < -0.4 is 0 Å². The summed E-state index contributed by atoms with van der Waals surface area (Å²) in [5, 5.41) is 31.9. The van der Waals surface area contributed by atoms with Gasteiger partial charge in [-0.25, -0.2) is 0 Å². The zero-order valence-electron chi connectivity index (χ0n) is 13.4. The zero-order valence-corrected chi connectivity index (χ0v) is 14.3. The first-order valence-corrected chi connectivity index (χ1v) is 9.11. The van der Waals surface area contributed by atoms with Crippen LogP contribution in [-0.2, 0) is 9.47 Å². The first-order chi connectivity index (χ1) is 12.1. The SMILES string of the molecule is OC(Sc1ccccc1)C1(O)C(O)C2OC(c3ccccc3)OCC21. The van der Waals surface area contributed by atoms with Crippen molar-refractivity contribution in [2.75, 3.05) is 6.61 Å². The fourth-order valence-corrected chi connectivity index (χ4v) is 4.53. The molecule has 1 aliphatic carbocycles. The highest BCUT2D eigenvalue weighted by molar-refractivity contribution is 7.99. The first-order valence-electron chi connectivity index (χ1n) is 8.23. The largest absolute Gasteiger partial charge is 0.387 e. The second kappa shape index (κ2) is 6.72. The summed E-state index contributed by atoms with van der Waals surface area (Å²) >= 11 is 1.12. The Morgan fingerprint density at radius 1 is 1.04 bits per heavy atom. The molecule has 6 heteroatoms. The van der Waals surface area contributed by atoms with Crippen LogP contribution in [0, 0.1) is 5.92 Å². The smallest absolute Gasteiger partial charge is 0.184 e. The molecule has 0 spiro atoms. The summed E-state index contributed by atoms with van der Waals surface area (Å²) in [7, 11) is 0. The topological polar surface area (TPSA) is 79.2 Å². The summed E-state index contributed by atoms with van der Waals surface area (Å²) in [4.78, 5) is 0.818. The Labute approximate surface area is 150 Å². The van der Waals surface area contributed by atoms with Crippen molar-refractivity contribution in [3.8, 4) is 0 Å². The summed E-state index contributed by atoms with van der Waals surface area (Å²) in [5.74, 6) is -0.478. The van der Waals surface area contributed by atoms with Gasteiger partial charge in [0.05, 0.1) is 12.7 Å². The van der Waals surface area contributed by atoms with Gasteiger partial charge in [-0.3, -0.25) is 0 Å². The molecule has 0 amide bonds. The summed E-state index contributed by atoms with van der Waals surface area (Å²) in [6, 6.07) is 18.8. The predicted molar refractivity (Wildman–Crippen MR) is 92.8 cm³/mol. The number of rotatable bonds is 4. The third-order valence-electron chi connectivity index (χ3n) is 4.94. The lowest BCUT2D eigenvalue weighted by atomic mass is 9.64. The van der Waals surface area contributed by atoms with Crippen molar-refractivity contribution in [3.05, 3.63) is 66.2 Å². The normalized spacial score (nSPS) is 35.5. The van der Waals surface area contributed by atoms with Crippen molar-refractivity contribution in [2.45, 2.75) is 34.4 Å². The molecule has 0 radical (unpaired) electrons. The van der Waals surface area contributed by atoms with E-state index in [1.165, 1.54) is 0 Å². The molecule has 6 unspecified atom stereocenters. The number of fused-ring (bicyclic) bond motifs is 1. The fourth-order valence-electron chi connectivity index (χ4n) is 3.45. The fraction of sp³-hybridized carbons (Fsp3) is 0.368. The van der Waals surface area contributed by atoms with Gasteiger partial charge in [-0.2, -0.15) is 0 Å². The summed E-state index contributed by atoms with van der Waals surface area (Å²) in [6.07, 6.45) is -2.30. The third kappa shape index (κ3) is 2.89. The van der Waals surface area contributed by atoms with E-state index >= 15 is 0 Å². The van der Waals surface area contributed by atoms with Gasteiger partial charge in [0.15, 0.2) is 6.29 Å². The number of hydrogen-bond donors (Lipinski definition) is 3. The molecule has 1 aliphatic heterocycles. The van der Waals surface area contributed by atoms with Gasteiger partial charge < -0.3 is 24.8 Å². The van der Waals surface area contributed by atoms with Crippen LogP contribution in [0.5, 0.6) is 0 Å². The average molecular weight is 360 g/mol. The van der Waals surface area contributed by atoms with Crippen molar-refractivity contribution in [1.82, 2.24) is 0 Å². The maximum Gasteiger partial charge on any atom is 0.184 e. The van der Waals surface area contributed by atoms with E-state index < -0.39 is 35.5 Å². The molecule has 0 aromatic heterocycles. The Morgan fingerprint density at radius 2 is 1.68 bits per heavy atom. The lowest BCUT2D eigenvalue weighted by Gasteiger charge is -2.59.